The van der Waals surface area contributed by atoms with E-state index in [0.29, 0.717) is 12.1 Å². The van der Waals surface area contributed by atoms with E-state index in [4.69, 9.17) is 14.2 Å². The summed E-state index contributed by atoms with van der Waals surface area (Å²) < 4.78 is 12.3. The van der Waals surface area contributed by atoms with Crippen LogP contribution < -0.4 is 0 Å². The lowest BCUT2D eigenvalue weighted by Gasteiger charge is -2.06. The van der Waals surface area contributed by atoms with Crippen molar-refractivity contribution in [2.45, 2.75) is 20.4 Å². The van der Waals surface area contributed by atoms with Crippen LogP contribution in [0.15, 0.2) is 65.6 Å². The average molecular weight is 439 g/mol. The Balaban J connectivity index is 1.66. The number of aryl methyl sites for hydroxylation is 2. The highest BCUT2D eigenvalue weighted by molar-refractivity contribution is 5.96. The van der Waals surface area contributed by atoms with Crippen LogP contribution >= 0.6 is 0 Å². The minimum Gasteiger partial charge on any atom is -0.465 e. The van der Waals surface area contributed by atoms with E-state index in [1.165, 1.54) is 7.11 Å². The number of hydrogen-bond donors (Lipinski definition) is 0. The van der Waals surface area contributed by atoms with Crippen LogP contribution in [-0.2, 0) is 11.3 Å². The zero-order chi connectivity index (χ0) is 22.9. The molecule has 0 atom stereocenters. The van der Waals surface area contributed by atoms with Crippen LogP contribution in [0.3, 0.4) is 0 Å². The molecule has 0 aliphatic carbocycles. The van der Waals surface area contributed by atoms with Crippen molar-refractivity contribution in [1.29, 1.82) is 0 Å². The maximum atomic E-state index is 11.8. The first kappa shape index (κ1) is 20.6. The van der Waals surface area contributed by atoms with E-state index in [1.807, 2.05) is 44.3 Å². The third kappa shape index (κ3) is 3.76. The minimum atomic E-state index is -0.367. The molecular weight excluding hydrogens is 418 g/mol. The standard InChI is InChI=1S/C25H21N5O3/c1-15-23(16(2)33-29-15)19-11-22-24(26-12-19)21(14-30(22)13-20-5-4-10-27-28-20)17-6-8-18(9-7-17)25(31)32-3/h4-12,14H,13H2,1-3H3. The van der Waals surface area contributed by atoms with E-state index in [2.05, 4.69) is 32.2 Å². The fourth-order valence-corrected chi connectivity index (χ4v) is 4.04. The molecule has 5 aromatic rings. The molecule has 0 amide bonds. The van der Waals surface area contributed by atoms with Crippen LogP contribution in [0, 0.1) is 13.8 Å². The molecule has 0 N–H and O–H groups in total. The number of fused-ring (bicyclic) bond motifs is 1. The number of pyridine rings is 1. The normalized spacial score (nSPS) is 11.1. The molecule has 4 aromatic heterocycles. The lowest BCUT2D eigenvalue weighted by molar-refractivity contribution is 0.0600. The molecule has 33 heavy (non-hydrogen) atoms. The number of carbonyl (C=O) groups is 1. The number of esters is 1. The molecule has 0 aliphatic rings. The number of nitrogens with zero attached hydrogens (tertiary/aromatic N) is 5. The topological polar surface area (TPSA) is 95.9 Å². The first-order chi connectivity index (χ1) is 16.0. The summed E-state index contributed by atoms with van der Waals surface area (Å²) in [7, 11) is 1.37. The fraction of sp³-hybridized carbons (Fsp3) is 0.160. The van der Waals surface area contributed by atoms with Gasteiger partial charge in [-0.25, -0.2) is 4.79 Å². The highest BCUT2D eigenvalue weighted by Gasteiger charge is 2.17. The largest absolute Gasteiger partial charge is 0.465 e. The van der Waals surface area contributed by atoms with Gasteiger partial charge in [0.2, 0.25) is 0 Å². The summed E-state index contributed by atoms with van der Waals surface area (Å²) in [6.07, 6.45) is 5.55. The van der Waals surface area contributed by atoms with Crippen LogP contribution in [0.4, 0.5) is 0 Å². The lowest BCUT2D eigenvalue weighted by atomic mass is 10.0. The Morgan fingerprint density at radius 1 is 1.12 bits per heavy atom. The minimum absolute atomic E-state index is 0.367. The zero-order valence-electron chi connectivity index (χ0n) is 18.4. The molecule has 5 rings (SSSR count). The van der Waals surface area contributed by atoms with E-state index >= 15 is 0 Å². The Hall–Kier alpha value is -4.33. The number of benzene rings is 1. The highest BCUT2D eigenvalue weighted by atomic mass is 16.5. The maximum absolute atomic E-state index is 11.8. The van der Waals surface area contributed by atoms with Crippen molar-refractivity contribution in [1.82, 2.24) is 24.9 Å². The number of aromatic nitrogens is 5. The van der Waals surface area contributed by atoms with Crippen LogP contribution in [0.25, 0.3) is 33.3 Å². The van der Waals surface area contributed by atoms with Gasteiger partial charge < -0.3 is 13.8 Å². The number of rotatable bonds is 5. The van der Waals surface area contributed by atoms with Gasteiger partial charge in [-0.3, -0.25) is 4.98 Å². The molecule has 0 unspecified atom stereocenters. The molecule has 0 spiro atoms. The first-order valence-corrected chi connectivity index (χ1v) is 10.4. The highest BCUT2D eigenvalue weighted by Crippen LogP contribution is 2.34. The number of ether oxygens (including phenoxy) is 1. The Morgan fingerprint density at radius 2 is 1.94 bits per heavy atom. The van der Waals surface area contributed by atoms with Gasteiger partial charge in [-0.05, 0) is 49.7 Å². The van der Waals surface area contributed by atoms with E-state index in [0.717, 1.165) is 50.4 Å². The van der Waals surface area contributed by atoms with Crippen LogP contribution in [0.1, 0.15) is 27.5 Å². The van der Waals surface area contributed by atoms with Gasteiger partial charge in [0.1, 0.15) is 5.76 Å². The average Bonchev–Trinajstić information content (AvgIpc) is 3.38. The summed E-state index contributed by atoms with van der Waals surface area (Å²) in [6, 6.07) is 13.2. The third-order valence-corrected chi connectivity index (χ3v) is 5.62. The van der Waals surface area contributed by atoms with Crippen molar-refractivity contribution in [3.8, 4) is 22.3 Å². The summed E-state index contributed by atoms with van der Waals surface area (Å²) >= 11 is 0. The van der Waals surface area contributed by atoms with Gasteiger partial charge in [-0.2, -0.15) is 10.2 Å². The molecule has 1 aromatic carbocycles. The number of hydrogen-bond acceptors (Lipinski definition) is 7. The van der Waals surface area contributed by atoms with Crippen molar-refractivity contribution in [3.05, 3.63) is 83.8 Å². The molecule has 164 valence electrons. The number of methoxy groups -OCH3 is 1. The Labute approximate surface area is 189 Å². The van der Waals surface area contributed by atoms with Gasteiger partial charge in [-0.15, -0.1) is 0 Å². The zero-order valence-corrected chi connectivity index (χ0v) is 18.4. The molecule has 4 heterocycles. The Bertz CT molecular complexity index is 1430. The van der Waals surface area contributed by atoms with Crippen molar-refractivity contribution in [2.75, 3.05) is 7.11 Å². The summed E-state index contributed by atoms with van der Waals surface area (Å²) in [5.41, 5.74) is 7.73. The number of carbonyl (C=O) groups excluding carboxylic acids is 1. The maximum Gasteiger partial charge on any atom is 0.337 e. The lowest BCUT2D eigenvalue weighted by Crippen LogP contribution is -2.01. The molecule has 0 radical (unpaired) electrons. The predicted octanol–water partition coefficient (Wildman–Crippen LogP) is 4.60. The van der Waals surface area contributed by atoms with Gasteiger partial charge in [0.15, 0.2) is 0 Å². The fourth-order valence-electron chi connectivity index (χ4n) is 4.04. The van der Waals surface area contributed by atoms with E-state index in [-0.39, 0.29) is 5.97 Å². The summed E-state index contributed by atoms with van der Waals surface area (Å²) in [4.78, 5) is 16.6. The second-order valence-electron chi connectivity index (χ2n) is 7.75. The molecule has 8 nitrogen and oxygen atoms in total. The second kappa shape index (κ2) is 8.31. The summed E-state index contributed by atoms with van der Waals surface area (Å²) in [5.74, 6) is 0.383. The molecule has 0 aliphatic heterocycles. The monoisotopic (exact) mass is 439 g/mol. The van der Waals surface area contributed by atoms with Crippen molar-refractivity contribution >= 4 is 17.0 Å². The first-order valence-electron chi connectivity index (χ1n) is 10.4. The van der Waals surface area contributed by atoms with E-state index < -0.39 is 0 Å². The van der Waals surface area contributed by atoms with Crippen molar-refractivity contribution in [3.63, 3.8) is 0 Å². The molecule has 0 fully saturated rings. The smallest absolute Gasteiger partial charge is 0.337 e. The van der Waals surface area contributed by atoms with Gasteiger partial charge in [0.05, 0.1) is 41.6 Å². The SMILES string of the molecule is COC(=O)c1ccc(-c2cn(Cc3cccnn3)c3cc(-c4c(C)noc4C)cnc23)cc1. The van der Waals surface area contributed by atoms with E-state index in [1.54, 1.807) is 18.3 Å². The molecule has 0 saturated carbocycles. The second-order valence-corrected chi connectivity index (χ2v) is 7.75. The summed E-state index contributed by atoms with van der Waals surface area (Å²) in [6.45, 7) is 4.35. The Morgan fingerprint density at radius 3 is 2.61 bits per heavy atom. The quantitative estimate of drug-likeness (QED) is 0.369. The van der Waals surface area contributed by atoms with Crippen LogP contribution in [0.5, 0.6) is 0 Å². The molecular formula is C25H21N5O3. The van der Waals surface area contributed by atoms with Gasteiger partial charge >= 0.3 is 5.97 Å². The Kier molecular flexibility index (Phi) is 5.18. The van der Waals surface area contributed by atoms with Gasteiger partial charge in [0.25, 0.3) is 0 Å². The third-order valence-electron chi connectivity index (χ3n) is 5.62. The summed E-state index contributed by atoms with van der Waals surface area (Å²) in [5, 5.41) is 12.3. The molecule has 0 saturated heterocycles. The van der Waals surface area contributed by atoms with Crippen molar-refractivity contribution in [2.24, 2.45) is 0 Å². The van der Waals surface area contributed by atoms with Gasteiger partial charge in [0, 0.05) is 35.3 Å². The van der Waals surface area contributed by atoms with Crippen LogP contribution in [-0.4, -0.2) is 38.0 Å². The molecule has 0 bridgehead atoms. The van der Waals surface area contributed by atoms with E-state index in [9.17, 15) is 4.79 Å². The van der Waals surface area contributed by atoms with Crippen LogP contribution in [0.2, 0.25) is 0 Å². The van der Waals surface area contributed by atoms with Crippen molar-refractivity contribution < 1.29 is 14.1 Å². The predicted molar refractivity (Wildman–Crippen MR) is 123 cm³/mol. The molecule has 8 heteroatoms. The van der Waals surface area contributed by atoms with Gasteiger partial charge in [-0.1, -0.05) is 17.3 Å².